The van der Waals surface area contributed by atoms with Gasteiger partial charge in [-0.3, -0.25) is 4.79 Å². The van der Waals surface area contributed by atoms with Crippen LogP contribution in [0.2, 0.25) is 0 Å². The van der Waals surface area contributed by atoms with E-state index in [1.54, 1.807) is 0 Å². The maximum atomic E-state index is 10.3. The Balaban J connectivity index is -0.000000667. The average Bonchev–Trinajstić information content (AvgIpc) is 2.46. The van der Waals surface area contributed by atoms with Gasteiger partial charge in [-0.15, -0.1) is 0 Å². The van der Waals surface area contributed by atoms with E-state index in [-0.39, 0.29) is 48.3 Å². The van der Waals surface area contributed by atoms with Crippen molar-refractivity contribution in [2.75, 3.05) is 0 Å². The van der Waals surface area contributed by atoms with Gasteiger partial charge in [0.05, 0.1) is 0 Å². The Labute approximate surface area is 179 Å². The predicted molar refractivity (Wildman–Crippen MR) is 99.8 cm³/mol. The van der Waals surface area contributed by atoms with E-state index in [2.05, 4.69) is 6.92 Å². The summed E-state index contributed by atoms with van der Waals surface area (Å²) >= 11 is 0. The summed E-state index contributed by atoms with van der Waals surface area (Å²) in [6, 6.07) is 0. The molecule has 0 saturated heterocycles. The molecule has 0 fully saturated rings. The molecule has 0 bridgehead atoms. The van der Waals surface area contributed by atoms with Gasteiger partial charge in [0.25, 0.3) is 0 Å². The molecule has 0 rings (SSSR count). The van der Waals surface area contributed by atoms with E-state index in [4.69, 9.17) is 5.11 Å². The number of carbonyl (C=O) groups is 1. The van der Waals surface area contributed by atoms with Gasteiger partial charge in [0.2, 0.25) is 0 Å². The topological polar surface area (TPSA) is 37.3 Å². The van der Waals surface area contributed by atoms with Gasteiger partial charge in [-0.2, -0.15) is 0 Å². The van der Waals surface area contributed by atoms with Crippen LogP contribution in [0.25, 0.3) is 0 Å². The van der Waals surface area contributed by atoms with Crippen LogP contribution in [-0.2, 0) is 4.79 Å². The predicted octanol–water partition coefficient (Wildman–Crippen LogP) is 6.57. The Morgan fingerprint density at radius 2 is 0.909 bits per heavy atom. The first-order valence-corrected chi connectivity index (χ1v) is 9.49. The van der Waals surface area contributed by atoms with Crippen molar-refractivity contribution in [3.8, 4) is 0 Å². The van der Waals surface area contributed by atoms with Crippen LogP contribution in [0.5, 0.6) is 0 Å². The molecule has 130 valence electrons. The molecular weight excluding hydrogens is 348 g/mol. The van der Waals surface area contributed by atoms with Crippen LogP contribution < -0.4 is 0 Å². The zero-order valence-electron chi connectivity index (χ0n) is 17.1. The second-order valence-electron chi connectivity index (χ2n) is 6.45. The maximum absolute atomic E-state index is 10.3. The number of rotatable bonds is 17. The third-order valence-electron chi connectivity index (χ3n) is 4.24. The molecular formula is C19H40O2Sr. The van der Waals surface area contributed by atoms with E-state index in [9.17, 15) is 4.79 Å². The van der Waals surface area contributed by atoms with Crippen LogP contribution in [0.4, 0.5) is 0 Å². The first kappa shape index (κ1) is 25.2. The molecule has 0 heterocycles. The van der Waals surface area contributed by atoms with E-state index in [1.807, 2.05) is 0 Å². The van der Waals surface area contributed by atoms with Crippen molar-refractivity contribution < 1.29 is 12.8 Å². The molecule has 0 unspecified atom stereocenters. The van der Waals surface area contributed by atoms with Gasteiger partial charge in [0.15, 0.2) is 0 Å². The molecule has 0 atom stereocenters. The third kappa shape index (κ3) is 23.2. The van der Waals surface area contributed by atoms with Gasteiger partial charge in [-0.25, -0.2) is 0 Å². The molecule has 0 aliphatic rings. The Morgan fingerprint density at radius 1 is 0.636 bits per heavy atom. The summed E-state index contributed by atoms with van der Waals surface area (Å²) in [5.74, 6) is -0.652. The van der Waals surface area contributed by atoms with Crippen LogP contribution >= 0.6 is 0 Å². The molecule has 0 aromatic heterocycles. The zero-order chi connectivity index (χ0) is 15.6. The van der Waals surface area contributed by atoms with E-state index < -0.39 is 5.97 Å². The van der Waals surface area contributed by atoms with Crippen molar-refractivity contribution in [1.82, 2.24) is 0 Å². The summed E-state index contributed by atoms with van der Waals surface area (Å²) in [6.07, 6.45) is 21.7. The van der Waals surface area contributed by atoms with E-state index in [1.165, 1.54) is 89.9 Å². The van der Waals surface area contributed by atoms with E-state index >= 15 is 0 Å². The first-order valence-electron chi connectivity index (χ1n) is 9.49. The van der Waals surface area contributed by atoms with E-state index in [0.29, 0.717) is 6.42 Å². The van der Waals surface area contributed by atoms with E-state index in [0.717, 1.165) is 12.8 Å². The van der Waals surface area contributed by atoms with Crippen LogP contribution in [0.1, 0.15) is 119 Å². The van der Waals surface area contributed by atoms with Gasteiger partial charge >= 0.3 is 51.5 Å². The van der Waals surface area contributed by atoms with Crippen molar-refractivity contribution in [2.45, 2.75) is 116 Å². The molecule has 2 nitrogen and oxygen atoms in total. The second-order valence-corrected chi connectivity index (χ2v) is 6.45. The number of aliphatic carboxylic acids is 1. The van der Waals surface area contributed by atoms with Gasteiger partial charge in [0.1, 0.15) is 0 Å². The second kappa shape index (κ2) is 22.0. The first-order chi connectivity index (χ1) is 10.3. The minimum Gasteiger partial charge on any atom is -1.00 e. The van der Waals surface area contributed by atoms with Gasteiger partial charge in [-0.1, -0.05) is 103 Å². The number of unbranched alkanes of at least 4 members (excludes halogenated alkanes) is 15. The molecule has 0 aliphatic heterocycles. The third-order valence-corrected chi connectivity index (χ3v) is 4.24. The molecule has 1 N–H and O–H groups in total. The Kier molecular flexibility index (Phi) is 25.1. The monoisotopic (exact) mass is 388 g/mol. The van der Waals surface area contributed by atoms with Gasteiger partial charge in [-0.05, 0) is 6.42 Å². The normalized spacial score (nSPS) is 10.4. The minimum atomic E-state index is -0.652. The van der Waals surface area contributed by atoms with Crippen molar-refractivity contribution in [1.29, 1.82) is 0 Å². The smallest absolute Gasteiger partial charge is 1.00 e. The summed E-state index contributed by atoms with van der Waals surface area (Å²) in [4.78, 5) is 10.3. The quantitative estimate of drug-likeness (QED) is 0.226. The maximum Gasteiger partial charge on any atom is 2.00 e. The summed E-state index contributed by atoms with van der Waals surface area (Å²) in [7, 11) is 0. The van der Waals surface area contributed by atoms with Gasteiger partial charge < -0.3 is 7.96 Å². The van der Waals surface area contributed by atoms with Crippen LogP contribution in [0.3, 0.4) is 0 Å². The number of carboxylic acids is 1. The van der Waals surface area contributed by atoms with Crippen molar-refractivity contribution >= 4 is 51.5 Å². The van der Waals surface area contributed by atoms with Gasteiger partial charge in [0, 0.05) is 6.42 Å². The molecule has 0 amide bonds. The molecule has 0 saturated carbocycles. The number of hydrogen-bond donors (Lipinski definition) is 1. The van der Waals surface area contributed by atoms with Crippen molar-refractivity contribution in [2.24, 2.45) is 0 Å². The Bertz CT molecular complexity index is 229. The summed E-state index contributed by atoms with van der Waals surface area (Å²) < 4.78 is 0. The number of hydrogen-bond acceptors (Lipinski definition) is 1. The Hall–Kier alpha value is 0.951. The fourth-order valence-electron chi connectivity index (χ4n) is 2.82. The summed E-state index contributed by atoms with van der Waals surface area (Å²) in [5, 5.41) is 8.53. The number of carboxylic acid groups (broad SMARTS) is 1. The minimum absolute atomic E-state index is 0. The molecule has 0 aromatic carbocycles. The van der Waals surface area contributed by atoms with Crippen LogP contribution in [0, 0.1) is 0 Å². The SMILES string of the molecule is CCCCCCCCCCCCCCCCCCC(=O)O.[H-].[H-].[Sr+2]. The fourth-order valence-corrected chi connectivity index (χ4v) is 2.82. The van der Waals surface area contributed by atoms with Crippen LogP contribution in [-0.4, -0.2) is 56.6 Å². The fraction of sp³-hybridized carbons (Fsp3) is 0.947. The summed E-state index contributed by atoms with van der Waals surface area (Å²) in [5.41, 5.74) is 0. The zero-order valence-corrected chi connectivity index (χ0v) is 18.6. The molecule has 0 aromatic rings. The average molecular weight is 388 g/mol. The molecule has 3 heteroatoms. The molecule has 0 spiro atoms. The van der Waals surface area contributed by atoms with Crippen LogP contribution in [0.15, 0.2) is 0 Å². The molecule has 0 aliphatic carbocycles. The largest absolute Gasteiger partial charge is 2.00 e. The van der Waals surface area contributed by atoms with Crippen molar-refractivity contribution in [3.05, 3.63) is 0 Å². The standard InChI is InChI=1S/C19H38O2.Sr.2H/c1-2-3-4-5-6-7-8-9-10-11-12-13-14-15-16-17-18-19(20)21;;;/h2-18H2,1H3,(H,20,21);;;/q;+2;2*-1. The Morgan fingerprint density at radius 3 is 1.18 bits per heavy atom. The summed E-state index contributed by atoms with van der Waals surface area (Å²) in [6.45, 7) is 2.27. The molecule has 22 heavy (non-hydrogen) atoms. The van der Waals surface area contributed by atoms with Crippen molar-refractivity contribution in [3.63, 3.8) is 0 Å². The molecule has 0 radical (unpaired) electrons.